The minimum atomic E-state index is -4.34. The fraction of sp³-hybridized carbons (Fsp3) is 0.533. The molecule has 2 N–H and O–H groups in total. The smallest absolute Gasteiger partial charge is 0.416 e. The Labute approximate surface area is 157 Å². The zero-order valence-electron chi connectivity index (χ0n) is 13.8. The summed E-state index contributed by atoms with van der Waals surface area (Å²) in [7, 11) is 3.26. The maximum absolute atomic E-state index is 12.4. The molecule has 1 atom stereocenters. The summed E-state index contributed by atoms with van der Waals surface area (Å²) in [4.78, 5) is 4.05. The summed E-state index contributed by atoms with van der Waals surface area (Å²) < 4.78 is 47.7. The van der Waals surface area contributed by atoms with Crippen molar-refractivity contribution in [2.45, 2.75) is 19.1 Å². The number of guanidine groups is 1. The van der Waals surface area contributed by atoms with Gasteiger partial charge in [-0.15, -0.1) is 24.0 Å². The number of halogens is 4. The second-order valence-electron chi connectivity index (χ2n) is 4.87. The maximum Gasteiger partial charge on any atom is 0.416 e. The number of hydrogen-bond donors (Lipinski definition) is 2. The van der Waals surface area contributed by atoms with E-state index in [1.54, 1.807) is 14.2 Å². The van der Waals surface area contributed by atoms with Crippen LogP contribution in [0.2, 0.25) is 0 Å². The van der Waals surface area contributed by atoms with Crippen LogP contribution < -0.4 is 15.4 Å². The highest BCUT2D eigenvalue weighted by atomic mass is 127. The van der Waals surface area contributed by atoms with Crippen LogP contribution in [0.15, 0.2) is 29.3 Å². The molecule has 1 aromatic rings. The summed E-state index contributed by atoms with van der Waals surface area (Å²) >= 11 is 0. The monoisotopic (exact) mass is 461 g/mol. The van der Waals surface area contributed by atoms with Crippen molar-refractivity contribution >= 4 is 29.9 Å². The highest BCUT2D eigenvalue weighted by molar-refractivity contribution is 14.0. The molecular weight excluding hydrogens is 438 g/mol. The van der Waals surface area contributed by atoms with Crippen molar-refractivity contribution in [1.29, 1.82) is 0 Å². The molecule has 0 aliphatic carbocycles. The van der Waals surface area contributed by atoms with Gasteiger partial charge in [0, 0.05) is 20.2 Å². The molecule has 0 spiro atoms. The SMILES string of the molecule is CN=C(NCCOc1ccc(C(F)(F)F)cc1)NC(C)COC.I. The molecule has 138 valence electrons. The third kappa shape index (κ3) is 8.57. The van der Waals surface area contributed by atoms with Crippen molar-refractivity contribution in [1.82, 2.24) is 10.6 Å². The lowest BCUT2D eigenvalue weighted by Crippen LogP contribution is -2.45. The molecule has 0 amide bonds. The Morgan fingerprint density at radius 1 is 1.25 bits per heavy atom. The number of alkyl halides is 3. The Hall–Kier alpha value is -1.23. The van der Waals surface area contributed by atoms with Gasteiger partial charge in [0.05, 0.1) is 18.7 Å². The molecule has 1 aromatic carbocycles. The molecule has 0 aliphatic heterocycles. The molecule has 0 aromatic heterocycles. The van der Waals surface area contributed by atoms with Crippen LogP contribution in [0.25, 0.3) is 0 Å². The average Bonchev–Trinajstić information content (AvgIpc) is 2.50. The largest absolute Gasteiger partial charge is 0.492 e. The first kappa shape index (κ1) is 22.8. The van der Waals surface area contributed by atoms with Crippen molar-refractivity contribution in [3.8, 4) is 5.75 Å². The first-order valence-electron chi connectivity index (χ1n) is 7.13. The number of aliphatic imine (C=N–C) groups is 1. The second-order valence-corrected chi connectivity index (χ2v) is 4.87. The first-order chi connectivity index (χ1) is 10.9. The van der Waals surface area contributed by atoms with Gasteiger partial charge in [0.25, 0.3) is 0 Å². The van der Waals surface area contributed by atoms with Crippen LogP contribution in [-0.2, 0) is 10.9 Å². The van der Waals surface area contributed by atoms with Crippen molar-refractivity contribution in [2.24, 2.45) is 4.99 Å². The zero-order valence-corrected chi connectivity index (χ0v) is 16.1. The van der Waals surface area contributed by atoms with E-state index in [0.717, 1.165) is 12.1 Å². The molecule has 0 saturated carbocycles. The third-order valence-corrected chi connectivity index (χ3v) is 2.87. The standard InChI is InChI=1S/C15H22F3N3O2.HI/c1-11(10-22-3)21-14(19-2)20-8-9-23-13-6-4-12(5-7-13)15(16,17)18;/h4-7,11H,8-10H2,1-3H3,(H2,19,20,21);1H. The molecule has 0 radical (unpaired) electrons. The predicted molar refractivity (Wildman–Crippen MR) is 98.2 cm³/mol. The van der Waals surface area contributed by atoms with E-state index >= 15 is 0 Å². The molecule has 5 nitrogen and oxygen atoms in total. The highest BCUT2D eigenvalue weighted by Crippen LogP contribution is 2.30. The number of ether oxygens (including phenoxy) is 2. The normalized spacial score (nSPS) is 13.0. The minimum absolute atomic E-state index is 0. The van der Waals surface area contributed by atoms with Crippen LogP contribution in [-0.4, -0.2) is 45.9 Å². The van der Waals surface area contributed by atoms with Gasteiger partial charge in [-0.25, -0.2) is 0 Å². The summed E-state index contributed by atoms with van der Waals surface area (Å²) in [6.07, 6.45) is -4.34. The quantitative estimate of drug-likeness (QED) is 0.284. The predicted octanol–water partition coefficient (Wildman–Crippen LogP) is 2.90. The molecule has 0 fully saturated rings. The summed E-state index contributed by atoms with van der Waals surface area (Å²) in [5, 5.41) is 6.17. The van der Waals surface area contributed by atoms with E-state index in [1.165, 1.54) is 12.1 Å². The van der Waals surface area contributed by atoms with Crippen LogP contribution in [0.4, 0.5) is 13.2 Å². The Balaban J connectivity index is 0.00000529. The molecule has 0 bridgehead atoms. The summed E-state index contributed by atoms with van der Waals surface area (Å²) in [6, 6.07) is 4.69. The van der Waals surface area contributed by atoms with Crippen molar-refractivity contribution in [3.05, 3.63) is 29.8 Å². The van der Waals surface area contributed by atoms with E-state index in [1.807, 2.05) is 6.92 Å². The topological polar surface area (TPSA) is 54.9 Å². The third-order valence-electron chi connectivity index (χ3n) is 2.87. The molecule has 9 heteroatoms. The van der Waals surface area contributed by atoms with Gasteiger partial charge in [-0.1, -0.05) is 0 Å². The molecule has 0 aliphatic rings. The fourth-order valence-corrected chi connectivity index (χ4v) is 1.80. The number of nitrogens with one attached hydrogen (secondary N) is 2. The average molecular weight is 461 g/mol. The first-order valence-corrected chi connectivity index (χ1v) is 7.13. The van der Waals surface area contributed by atoms with Gasteiger partial charge in [0.1, 0.15) is 12.4 Å². The molecule has 1 rings (SSSR count). The van der Waals surface area contributed by atoms with Crippen LogP contribution >= 0.6 is 24.0 Å². The van der Waals surface area contributed by atoms with Gasteiger partial charge in [0.2, 0.25) is 0 Å². The van der Waals surface area contributed by atoms with E-state index in [4.69, 9.17) is 9.47 Å². The van der Waals surface area contributed by atoms with E-state index < -0.39 is 11.7 Å². The zero-order chi connectivity index (χ0) is 17.3. The van der Waals surface area contributed by atoms with Gasteiger partial charge >= 0.3 is 6.18 Å². The van der Waals surface area contributed by atoms with Crippen molar-refractivity contribution in [2.75, 3.05) is 33.9 Å². The second kappa shape index (κ2) is 11.3. The molecule has 1 unspecified atom stereocenters. The Morgan fingerprint density at radius 3 is 2.38 bits per heavy atom. The minimum Gasteiger partial charge on any atom is -0.492 e. The highest BCUT2D eigenvalue weighted by Gasteiger charge is 2.29. The molecule has 0 heterocycles. The number of nitrogens with zero attached hydrogens (tertiary/aromatic N) is 1. The number of benzene rings is 1. The molecular formula is C15H23F3IN3O2. The van der Waals surface area contributed by atoms with Gasteiger partial charge in [0.15, 0.2) is 5.96 Å². The van der Waals surface area contributed by atoms with Crippen LogP contribution in [0.5, 0.6) is 5.75 Å². The van der Waals surface area contributed by atoms with E-state index in [9.17, 15) is 13.2 Å². The number of hydrogen-bond acceptors (Lipinski definition) is 3. The van der Waals surface area contributed by atoms with Gasteiger partial charge in [-0.3, -0.25) is 4.99 Å². The summed E-state index contributed by atoms with van der Waals surface area (Å²) in [6.45, 7) is 3.25. The van der Waals surface area contributed by atoms with Crippen molar-refractivity contribution < 1.29 is 22.6 Å². The molecule has 0 saturated heterocycles. The van der Waals surface area contributed by atoms with E-state index in [0.29, 0.717) is 31.5 Å². The Morgan fingerprint density at radius 2 is 1.88 bits per heavy atom. The van der Waals surface area contributed by atoms with E-state index in [-0.39, 0.29) is 30.0 Å². The van der Waals surface area contributed by atoms with E-state index in [2.05, 4.69) is 15.6 Å². The van der Waals surface area contributed by atoms with Gasteiger partial charge < -0.3 is 20.1 Å². The summed E-state index contributed by atoms with van der Waals surface area (Å²) in [5.74, 6) is 0.987. The fourth-order valence-electron chi connectivity index (χ4n) is 1.80. The van der Waals surface area contributed by atoms with Crippen molar-refractivity contribution in [3.63, 3.8) is 0 Å². The lowest BCUT2D eigenvalue weighted by Gasteiger charge is -2.17. The lowest BCUT2D eigenvalue weighted by molar-refractivity contribution is -0.137. The van der Waals surface area contributed by atoms with Crippen LogP contribution in [0.1, 0.15) is 12.5 Å². The molecule has 24 heavy (non-hydrogen) atoms. The number of methoxy groups -OCH3 is 1. The number of rotatable bonds is 7. The van der Waals surface area contributed by atoms with Crippen LogP contribution in [0, 0.1) is 0 Å². The maximum atomic E-state index is 12.4. The van der Waals surface area contributed by atoms with Gasteiger partial charge in [-0.05, 0) is 31.2 Å². The van der Waals surface area contributed by atoms with Gasteiger partial charge in [-0.2, -0.15) is 13.2 Å². The Bertz CT molecular complexity index is 496. The summed E-state index contributed by atoms with van der Waals surface area (Å²) in [5.41, 5.74) is -0.695. The van der Waals surface area contributed by atoms with Crippen LogP contribution in [0.3, 0.4) is 0 Å². The lowest BCUT2D eigenvalue weighted by atomic mass is 10.2. The Kier molecular flexibility index (Phi) is 10.8.